The smallest absolute Gasteiger partial charge is 0.0701 e. The van der Waals surface area contributed by atoms with Crippen LogP contribution in [0, 0.1) is 0 Å². The van der Waals surface area contributed by atoms with Crippen LogP contribution in [0.4, 0.5) is 11.4 Å². The van der Waals surface area contributed by atoms with E-state index in [4.69, 9.17) is 0 Å². The average Bonchev–Trinajstić information content (AvgIpc) is 2.60. The SMILES string of the molecule is C1=C2CNCCNCCNCC3=CC=c4ccc(c(c4N3)N2)=C1. The maximum Gasteiger partial charge on any atom is 0.0701 e. The minimum absolute atomic E-state index is 0.853. The summed E-state index contributed by atoms with van der Waals surface area (Å²) in [6, 6.07) is 4.35. The summed E-state index contributed by atoms with van der Waals surface area (Å²) >= 11 is 0. The predicted octanol–water partition coefficient (Wildman–Crippen LogP) is -0.351. The monoisotopic (exact) mass is 309 g/mol. The van der Waals surface area contributed by atoms with Crippen molar-refractivity contribution in [2.75, 3.05) is 49.9 Å². The number of benzene rings is 1. The van der Waals surface area contributed by atoms with Crippen molar-refractivity contribution in [2.45, 2.75) is 0 Å². The molecule has 0 unspecified atom stereocenters. The Morgan fingerprint density at radius 3 is 1.57 bits per heavy atom. The van der Waals surface area contributed by atoms with Crippen molar-refractivity contribution in [1.29, 1.82) is 0 Å². The van der Waals surface area contributed by atoms with Crippen LogP contribution in [0.25, 0.3) is 12.2 Å². The summed E-state index contributed by atoms with van der Waals surface area (Å²) in [5.74, 6) is 0. The molecule has 0 saturated carbocycles. The molecule has 0 saturated heterocycles. The summed E-state index contributed by atoms with van der Waals surface area (Å²) in [7, 11) is 0. The van der Waals surface area contributed by atoms with Crippen LogP contribution in [-0.4, -0.2) is 39.3 Å². The number of nitrogens with one attached hydrogen (secondary N) is 5. The van der Waals surface area contributed by atoms with E-state index in [0.29, 0.717) is 0 Å². The summed E-state index contributed by atoms with van der Waals surface area (Å²) in [4.78, 5) is 0. The second kappa shape index (κ2) is 6.58. The summed E-state index contributed by atoms with van der Waals surface area (Å²) in [6.07, 6.45) is 8.71. The van der Waals surface area contributed by atoms with E-state index in [1.165, 1.54) is 33.2 Å². The van der Waals surface area contributed by atoms with Gasteiger partial charge in [0.1, 0.15) is 0 Å². The van der Waals surface area contributed by atoms with Gasteiger partial charge in [0.15, 0.2) is 0 Å². The molecule has 5 heteroatoms. The molecule has 3 heterocycles. The van der Waals surface area contributed by atoms with E-state index >= 15 is 0 Å². The molecule has 3 aliphatic rings. The number of hydrogen-bond acceptors (Lipinski definition) is 5. The Morgan fingerprint density at radius 1 is 0.565 bits per heavy atom. The van der Waals surface area contributed by atoms with E-state index in [-0.39, 0.29) is 0 Å². The van der Waals surface area contributed by atoms with E-state index in [0.717, 1.165) is 39.3 Å². The maximum absolute atomic E-state index is 3.60. The molecule has 4 bridgehead atoms. The third-order valence-corrected chi connectivity index (χ3v) is 4.36. The first-order chi connectivity index (χ1) is 11.4. The van der Waals surface area contributed by atoms with Crippen LogP contribution in [0.5, 0.6) is 0 Å². The minimum atomic E-state index is 0.853. The zero-order valence-corrected chi connectivity index (χ0v) is 13.2. The standard InChI is InChI=1S/C18H23N5/c1-2-14-4-6-16-12-21-10-8-19-7-9-20-11-15-5-3-13(1)17(22-15)18(14)23-16/h1-6,19-23H,7-12H2. The summed E-state index contributed by atoms with van der Waals surface area (Å²) < 4.78 is 0. The topological polar surface area (TPSA) is 60.1 Å². The van der Waals surface area contributed by atoms with Gasteiger partial charge in [0, 0.05) is 61.1 Å². The van der Waals surface area contributed by atoms with Crippen LogP contribution in [0.2, 0.25) is 0 Å². The Hall–Kier alpha value is -2.08. The lowest BCUT2D eigenvalue weighted by molar-refractivity contribution is 0.602. The van der Waals surface area contributed by atoms with Crippen molar-refractivity contribution >= 4 is 23.5 Å². The molecule has 0 amide bonds. The fraction of sp³-hybridized carbons (Fsp3) is 0.333. The number of hydrogen-bond donors (Lipinski definition) is 5. The Kier molecular flexibility index (Phi) is 4.15. The lowest BCUT2D eigenvalue weighted by Gasteiger charge is -2.23. The Morgan fingerprint density at radius 2 is 1.04 bits per heavy atom. The van der Waals surface area contributed by atoms with Crippen molar-refractivity contribution in [3.05, 3.63) is 46.1 Å². The lowest BCUT2D eigenvalue weighted by Crippen LogP contribution is -2.34. The second-order valence-corrected chi connectivity index (χ2v) is 6.06. The number of rotatable bonds is 0. The number of allylic oxidation sites excluding steroid dienone is 2. The first kappa shape index (κ1) is 14.5. The molecule has 1 aromatic rings. The van der Waals surface area contributed by atoms with Crippen molar-refractivity contribution in [2.24, 2.45) is 0 Å². The van der Waals surface area contributed by atoms with Crippen molar-refractivity contribution in [1.82, 2.24) is 16.0 Å². The highest BCUT2D eigenvalue weighted by Crippen LogP contribution is 2.20. The molecule has 3 aliphatic heterocycles. The molecule has 23 heavy (non-hydrogen) atoms. The molecule has 120 valence electrons. The Balaban J connectivity index is 1.68. The van der Waals surface area contributed by atoms with Crippen molar-refractivity contribution < 1.29 is 0 Å². The first-order valence-electron chi connectivity index (χ1n) is 8.31. The third-order valence-electron chi connectivity index (χ3n) is 4.36. The molecule has 0 spiro atoms. The van der Waals surface area contributed by atoms with Gasteiger partial charge < -0.3 is 26.6 Å². The number of anilines is 2. The van der Waals surface area contributed by atoms with E-state index in [2.05, 4.69) is 63.0 Å². The van der Waals surface area contributed by atoms with Gasteiger partial charge >= 0.3 is 0 Å². The largest absolute Gasteiger partial charge is 0.356 e. The fourth-order valence-corrected chi connectivity index (χ4v) is 3.10. The average molecular weight is 309 g/mol. The molecule has 1 aromatic carbocycles. The van der Waals surface area contributed by atoms with Gasteiger partial charge in [-0.1, -0.05) is 24.3 Å². The zero-order chi connectivity index (χ0) is 15.5. The first-order valence-corrected chi connectivity index (χ1v) is 8.31. The maximum atomic E-state index is 3.60. The predicted molar refractivity (Wildman–Crippen MR) is 96.6 cm³/mol. The molecule has 0 aliphatic carbocycles. The molecule has 4 rings (SSSR count). The Labute approximate surface area is 136 Å². The van der Waals surface area contributed by atoms with Crippen LogP contribution in [0.1, 0.15) is 0 Å². The van der Waals surface area contributed by atoms with Gasteiger partial charge in [-0.3, -0.25) is 0 Å². The molecular formula is C18H23N5. The second-order valence-electron chi connectivity index (χ2n) is 6.06. The zero-order valence-electron chi connectivity index (χ0n) is 13.2. The van der Waals surface area contributed by atoms with E-state index in [1.807, 2.05) is 0 Å². The highest BCUT2D eigenvalue weighted by atomic mass is 15.0. The highest BCUT2D eigenvalue weighted by molar-refractivity contribution is 5.80. The van der Waals surface area contributed by atoms with E-state index in [1.54, 1.807) is 0 Å². The summed E-state index contributed by atoms with van der Waals surface area (Å²) in [5, 5.41) is 20.1. The number of fused-ring (bicyclic) bond motifs is 2. The molecule has 0 radical (unpaired) electrons. The summed E-state index contributed by atoms with van der Waals surface area (Å²) in [5.41, 5.74) is 4.77. The minimum Gasteiger partial charge on any atom is -0.356 e. The van der Waals surface area contributed by atoms with Crippen LogP contribution in [-0.2, 0) is 0 Å². The molecule has 5 nitrogen and oxygen atoms in total. The van der Waals surface area contributed by atoms with E-state index in [9.17, 15) is 0 Å². The van der Waals surface area contributed by atoms with Crippen LogP contribution < -0.4 is 37.0 Å². The molecule has 0 aromatic heterocycles. The lowest BCUT2D eigenvalue weighted by atomic mass is 10.1. The van der Waals surface area contributed by atoms with Gasteiger partial charge in [-0.2, -0.15) is 0 Å². The van der Waals surface area contributed by atoms with Gasteiger partial charge in [-0.05, 0) is 12.2 Å². The molecule has 5 N–H and O–H groups in total. The normalized spacial score (nSPS) is 20.5. The fourth-order valence-electron chi connectivity index (χ4n) is 3.10. The Bertz CT molecular complexity index is 710. The van der Waals surface area contributed by atoms with Gasteiger partial charge in [0.25, 0.3) is 0 Å². The van der Waals surface area contributed by atoms with Crippen LogP contribution in [0.3, 0.4) is 0 Å². The van der Waals surface area contributed by atoms with Gasteiger partial charge in [0.2, 0.25) is 0 Å². The van der Waals surface area contributed by atoms with Crippen LogP contribution in [0.15, 0.2) is 35.7 Å². The highest BCUT2D eigenvalue weighted by Gasteiger charge is 2.14. The van der Waals surface area contributed by atoms with Gasteiger partial charge in [-0.15, -0.1) is 0 Å². The molecular weight excluding hydrogens is 286 g/mol. The van der Waals surface area contributed by atoms with Gasteiger partial charge in [0.05, 0.1) is 11.4 Å². The van der Waals surface area contributed by atoms with Gasteiger partial charge in [-0.25, -0.2) is 0 Å². The third kappa shape index (κ3) is 3.17. The molecule has 0 fully saturated rings. The summed E-state index contributed by atoms with van der Waals surface area (Å²) in [6.45, 7) is 5.61. The van der Waals surface area contributed by atoms with Crippen LogP contribution >= 0.6 is 0 Å². The van der Waals surface area contributed by atoms with Crippen molar-refractivity contribution in [3.63, 3.8) is 0 Å². The van der Waals surface area contributed by atoms with Crippen molar-refractivity contribution in [3.8, 4) is 0 Å². The molecule has 0 atom stereocenters. The van der Waals surface area contributed by atoms with E-state index < -0.39 is 0 Å². The quantitative estimate of drug-likeness (QED) is 0.453.